The summed E-state index contributed by atoms with van der Waals surface area (Å²) >= 11 is 3.15. The molecule has 0 saturated carbocycles. The molecule has 3 aromatic rings. The first-order valence-corrected chi connectivity index (χ1v) is 9.69. The van der Waals surface area contributed by atoms with Gasteiger partial charge >= 0.3 is 0 Å². The number of nitrogens with zero attached hydrogens (tertiary/aromatic N) is 2. The highest BCUT2D eigenvalue weighted by molar-refractivity contribution is 8.01. The van der Waals surface area contributed by atoms with E-state index in [2.05, 4.69) is 4.98 Å². The second-order valence-electron chi connectivity index (χ2n) is 5.52. The maximum Gasteiger partial charge on any atom is 0.261 e. The number of rotatable bonds is 5. The molecule has 0 fully saturated rings. The molecule has 25 heavy (non-hydrogen) atoms. The Morgan fingerprint density at radius 3 is 2.24 bits per heavy atom. The van der Waals surface area contributed by atoms with Crippen molar-refractivity contribution in [1.29, 1.82) is 0 Å². The number of carbonyl (C=O) groups is 2. The van der Waals surface area contributed by atoms with Crippen LogP contribution in [0.5, 0.6) is 0 Å². The first kappa shape index (κ1) is 16.1. The monoisotopic (exact) mass is 366 g/mol. The fraction of sp³-hybridized carbons (Fsp3) is 0.105. The van der Waals surface area contributed by atoms with Gasteiger partial charge in [-0.1, -0.05) is 54.2 Å². The SMILES string of the molecule is O=C1c2ccccc2C(=O)N1CCSc1nc(-c2ccccc2)cs1. The van der Waals surface area contributed by atoms with Gasteiger partial charge in [0.2, 0.25) is 0 Å². The first-order valence-electron chi connectivity index (χ1n) is 7.83. The van der Waals surface area contributed by atoms with Gasteiger partial charge in [-0.05, 0) is 12.1 Å². The molecule has 0 atom stereocenters. The Balaban J connectivity index is 1.39. The number of benzene rings is 2. The van der Waals surface area contributed by atoms with Crippen molar-refractivity contribution in [2.45, 2.75) is 4.34 Å². The fourth-order valence-electron chi connectivity index (χ4n) is 2.73. The Morgan fingerprint density at radius 1 is 0.920 bits per heavy atom. The van der Waals surface area contributed by atoms with E-state index in [1.165, 1.54) is 4.90 Å². The van der Waals surface area contributed by atoms with Crippen molar-refractivity contribution >= 4 is 34.9 Å². The zero-order chi connectivity index (χ0) is 17.2. The van der Waals surface area contributed by atoms with Crippen LogP contribution in [0.2, 0.25) is 0 Å². The molecule has 0 spiro atoms. The van der Waals surface area contributed by atoms with E-state index in [9.17, 15) is 9.59 Å². The minimum Gasteiger partial charge on any atom is -0.273 e. The van der Waals surface area contributed by atoms with Crippen LogP contribution in [-0.4, -0.2) is 34.0 Å². The van der Waals surface area contributed by atoms with E-state index in [0.29, 0.717) is 23.4 Å². The number of aromatic nitrogens is 1. The minimum atomic E-state index is -0.203. The Labute approximate surface area is 153 Å². The van der Waals surface area contributed by atoms with Crippen molar-refractivity contribution in [2.24, 2.45) is 0 Å². The predicted octanol–water partition coefficient (Wildman–Crippen LogP) is 4.20. The van der Waals surface area contributed by atoms with Gasteiger partial charge in [-0.25, -0.2) is 4.98 Å². The Morgan fingerprint density at radius 2 is 1.56 bits per heavy atom. The lowest BCUT2D eigenvalue weighted by Crippen LogP contribution is -2.31. The topological polar surface area (TPSA) is 50.3 Å². The van der Waals surface area contributed by atoms with E-state index in [4.69, 9.17) is 0 Å². The molecule has 2 heterocycles. The van der Waals surface area contributed by atoms with E-state index < -0.39 is 0 Å². The van der Waals surface area contributed by atoms with Gasteiger partial charge in [-0.2, -0.15) is 0 Å². The van der Waals surface area contributed by atoms with E-state index in [-0.39, 0.29) is 11.8 Å². The summed E-state index contributed by atoms with van der Waals surface area (Å²) in [5, 5.41) is 2.03. The summed E-state index contributed by atoms with van der Waals surface area (Å²) in [5.74, 6) is 0.225. The summed E-state index contributed by atoms with van der Waals surface area (Å²) in [6.45, 7) is 0.386. The molecular weight excluding hydrogens is 352 g/mol. The number of amides is 2. The third kappa shape index (κ3) is 3.10. The molecule has 1 aliphatic rings. The normalized spacial score (nSPS) is 13.4. The fourth-order valence-corrected chi connectivity index (χ4v) is 4.56. The van der Waals surface area contributed by atoms with Gasteiger partial charge in [0, 0.05) is 23.2 Å². The maximum atomic E-state index is 12.3. The van der Waals surface area contributed by atoms with Crippen LogP contribution < -0.4 is 0 Å². The van der Waals surface area contributed by atoms with Crippen LogP contribution in [0.25, 0.3) is 11.3 Å². The van der Waals surface area contributed by atoms with Gasteiger partial charge in [0.05, 0.1) is 16.8 Å². The molecule has 0 saturated heterocycles. The minimum absolute atomic E-state index is 0.203. The number of thioether (sulfide) groups is 1. The molecule has 0 bridgehead atoms. The molecule has 6 heteroatoms. The zero-order valence-corrected chi connectivity index (χ0v) is 14.8. The summed E-state index contributed by atoms with van der Waals surface area (Å²) in [5.41, 5.74) is 3.04. The molecule has 4 rings (SSSR count). The number of hydrogen-bond acceptors (Lipinski definition) is 5. The van der Waals surface area contributed by atoms with Gasteiger partial charge in [-0.3, -0.25) is 14.5 Å². The molecule has 0 aliphatic carbocycles. The number of fused-ring (bicyclic) bond motifs is 1. The molecule has 0 N–H and O–H groups in total. The quantitative estimate of drug-likeness (QED) is 0.502. The van der Waals surface area contributed by atoms with Crippen molar-refractivity contribution in [3.63, 3.8) is 0 Å². The van der Waals surface area contributed by atoms with Crippen molar-refractivity contribution in [3.8, 4) is 11.3 Å². The average Bonchev–Trinajstić information content (AvgIpc) is 3.22. The molecule has 1 aliphatic heterocycles. The highest BCUT2D eigenvalue weighted by Gasteiger charge is 2.34. The molecule has 0 radical (unpaired) electrons. The molecular formula is C19H14N2O2S2. The van der Waals surface area contributed by atoms with Crippen LogP contribution in [0, 0.1) is 0 Å². The van der Waals surface area contributed by atoms with Crippen LogP contribution in [0.4, 0.5) is 0 Å². The van der Waals surface area contributed by atoms with Crippen molar-refractivity contribution in [3.05, 3.63) is 71.1 Å². The molecule has 1 aromatic heterocycles. The van der Waals surface area contributed by atoms with Crippen molar-refractivity contribution < 1.29 is 9.59 Å². The lowest BCUT2D eigenvalue weighted by atomic mass is 10.1. The van der Waals surface area contributed by atoms with Crippen LogP contribution >= 0.6 is 23.1 Å². The molecule has 124 valence electrons. The van der Waals surface area contributed by atoms with Gasteiger partial charge in [0.15, 0.2) is 4.34 Å². The number of carbonyl (C=O) groups excluding carboxylic acids is 2. The second-order valence-corrected chi connectivity index (χ2v) is 7.72. The standard InChI is InChI=1S/C19H14N2O2S2/c22-17-14-8-4-5-9-15(14)18(23)21(17)10-11-24-19-20-16(12-25-19)13-6-2-1-3-7-13/h1-9,12H,10-11H2. The lowest BCUT2D eigenvalue weighted by Gasteiger charge is -2.12. The molecule has 2 aromatic carbocycles. The third-order valence-electron chi connectivity index (χ3n) is 3.97. The number of hydrogen-bond donors (Lipinski definition) is 0. The van der Waals surface area contributed by atoms with Crippen molar-refractivity contribution in [2.75, 3.05) is 12.3 Å². The van der Waals surface area contributed by atoms with Gasteiger partial charge < -0.3 is 0 Å². The van der Waals surface area contributed by atoms with E-state index >= 15 is 0 Å². The van der Waals surface area contributed by atoms with Crippen LogP contribution in [0.3, 0.4) is 0 Å². The maximum absolute atomic E-state index is 12.3. The second kappa shape index (κ2) is 6.82. The first-order chi connectivity index (χ1) is 12.2. The summed E-state index contributed by atoms with van der Waals surface area (Å²) < 4.78 is 0.940. The van der Waals surface area contributed by atoms with E-state index in [1.807, 2.05) is 35.7 Å². The Hall–Kier alpha value is -2.44. The Kier molecular flexibility index (Phi) is 4.38. The number of imide groups is 1. The van der Waals surface area contributed by atoms with Gasteiger partial charge in [0.1, 0.15) is 0 Å². The third-order valence-corrected chi connectivity index (χ3v) is 5.97. The lowest BCUT2D eigenvalue weighted by molar-refractivity contribution is 0.0664. The Bertz CT molecular complexity index is 902. The van der Waals surface area contributed by atoms with Crippen LogP contribution in [0.15, 0.2) is 64.3 Å². The molecule has 2 amide bonds. The summed E-state index contributed by atoms with van der Waals surface area (Å²) in [7, 11) is 0. The summed E-state index contributed by atoms with van der Waals surface area (Å²) in [6.07, 6.45) is 0. The summed E-state index contributed by atoms with van der Waals surface area (Å²) in [4.78, 5) is 30.6. The van der Waals surface area contributed by atoms with Crippen molar-refractivity contribution in [1.82, 2.24) is 9.88 Å². The number of thiazole rings is 1. The largest absolute Gasteiger partial charge is 0.273 e. The van der Waals surface area contributed by atoms with Crippen LogP contribution in [-0.2, 0) is 0 Å². The van der Waals surface area contributed by atoms with Gasteiger partial charge in [-0.15, -0.1) is 11.3 Å². The van der Waals surface area contributed by atoms with Crippen LogP contribution in [0.1, 0.15) is 20.7 Å². The average molecular weight is 366 g/mol. The zero-order valence-electron chi connectivity index (χ0n) is 13.2. The highest BCUT2D eigenvalue weighted by Crippen LogP contribution is 2.29. The van der Waals surface area contributed by atoms with E-state index in [0.717, 1.165) is 15.6 Å². The molecule has 4 nitrogen and oxygen atoms in total. The van der Waals surface area contributed by atoms with Gasteiger partial charge in [0.25, 0.3) is 11.8 Å². The molecule has 0 unspecified atom stereocenters. The predicted molar refractivity (Wildman–Crippen MR) is 100 cm³/mol. The smallest absolute Gasteiger partial charge is 0.261 e. The highest BCUT2D eigenvalue weighted by atomic mass is 32.2. The van der Waals surface area contributed by atoms with E-state index in [1.54, 1.807) is 47.4 Å². The summed E-state index contributed by atoms with van der Waals surface area (Å²) in [6, 6.07) is 17.0.